The van der Waals surface area contributed by atoms with Gasteiger partial charge in [0.15, 0.2) is 0 Å². The number of nitro benzene ring substituents is 1. The Labute approximate surface area is 153 Å². The van der Waals surface area contributed by atoms with Gasteiger partial charge in [0.2, 0.25) is 0 Å². The standard InChI is InChI=1S/C18H16N2O5S/c1-3-8-19-17(21)16(26-18(19)22)10-13-5-7-15(25-13)14-6-4-12(20(23)24)9-11(14)2/h4-7,9-10H,3,8H2,1-2H3/b16-10-. The van der Waals surface area contributed by atoms with Crippen LogP contribution in [-0.2, 0) is 4.79 Å². The first-order valence-electron chi connectivity index (χ1n) is 8.01. The van der Waals surface area contributed by atoms with E-state index in [0.717, 1.165) is 17.3 Å². The first-order valence-corrected chi connectivity index (χ1v) is 8.83. The highest BCUT2D eigenvalue weighted by Crippen LogP contribution is 2.34. The van der Waals surface area contributed by atoms with Crippen LogP contribution in [0.5, 0.6) is 0 Å². The summed E-state index contributed by atoms with van der Waals surface area (Å²) < 4.78 is 5.75. The number of rotatable bonds is 5. The van der Waals surface area contributed by atoms with Crippen molar-refractivity contribution in [3.8, 4) is 11.3 Å². The molecule has 1 saturated heterocycles. The normalized spacial score (nSPS) is 15.9. The zero-order chi connectivity index (χ0) is 18.8. The zero-order valence-corrected chi connectivity index (χ0v) is 15.0. The van der Waals surface area contributed by atoms with Gasteiger partial charge in [0, 0.05) is 30.3 Å². The molecule has 0 bridgehead atoms. The average Bonchev–Trinajstić information content (AvgIpc) is 3.15. The van der Waals surface area contributed by atoms with Gasteiger partial charge < -0.3 is 4.42 Å². The molecule has 0 radical (unpaired) electrons. The number of benzene rings is 1. The second-order valence-corrected chi connectivity index (χ2v) is 6.78. The van der Waals surface area contributed by atoms with Crippen molar-refractivity contribution in [2.75, 3.05) is 6.54 Å². The Kier molecular flexibility index (Phi) is 4.94. The largest absolute Gasteiger partial charge is 0.457 e. The van der Waals surface area contributed by atoms with Crippen LogP contribution in [0.25, 0.3) is 17.4 Å². The third-order valence-electron chi connectivity index (χ3n) is 3.91. The van der Waals surface area contributed by atoms with E-state index in [2.05, 4.69) is 0 Å². The molecule has 2 amide bonds. The smallest absolute Gasteiger partial charge is 0.293 e. The minimum Gasteiger partial charge on any atom is -0.457 e. The molecule has 1 fully saturated rings. The lowest BCUT2D eigenvalue weighted by molar-refractivity contribution is -0.384. The number of nitrogens with zero attached hydrogens (tertiary/aromatic N) is 2. The third-order valence-corrected chi connectivity index (χ3v) is 4.81. The molecule has 8 heteroatoms. The van der Waals surface area contributed by atoms with Crippen LogP contribution in [0.1, 0.15) is 24.7 Å². The summed E-state index contributed by atoms with van der Waals surface area (Å²) in [7, 11) is 0. The van der Waals surface area contributed by atoms with E-state index in [1.54, 1.807) is 31.2 Å². The summed E-state index contributed by atoms with van der Waals surface area (Å²) in [4.78, 5) is 36.1. The maximum absolute atomic E-state index is 12.3. The second kappa shape index (κ2) is 7.17. The van der Waals surface area contributed by atoms with Crippen LogP contribution in [-0.4, -0.2) is 27.5 Å². The van der Waals surface area contributed by atoms with E-state index in [9.17, 15) is 19.7 Å². The van der Waals surface area contributed by atoms with Crippen molar-refractivity contribution in [3.05, 3.63) is 56.7 Å². The lowest BCUT2D eigenvalue weighted by Crippen LogP contribution is -2.28. The molecule has 1 aromatic heterocycles. The molecule has 1 aliphatic rings. The van der Waals surface area contributed by atoms with Crippen LogP contribution >= 0.6 is 11.8 Å². The van der Waals surface area contributed by atoms with Gasteiger partial charge in [-0.1, -0.05) is 6.92 Å². The number of nitro groups is 1. The highest BCUT2D eigenvalue weighted by molar-refractivity contribution is 8.18. The van der Waals surface area contributed by atoms with Crippen LogP contribution in [0.2, 0.25) is 0 Å². The predicted molar refractivity (Wildman–Crippen MR) is 98.5 cm³/mol. The molecule has 134 valence electrons. The number of thioether (sulfide) groups is 1. The van der Waals surface area contributed by atoms with Crippen LogP contribution in [0, 0.1) is 17.0 Å². The number of aryl methyl sites for hydroxylation is 1. The van der Waals surface area contributed by atoms with Crippen molar-refractivity contribution >= 4 is 34.7 Å². The topological polar surface area (TPSA) is 93.7 Å². The van der Waals surface area contributed by atoms with Gasteiger partial charge in [-0.25, -0.2) is 0 Å². The molecule has 3 rings (SSSR count). The maximum Gasteiger partial charge on any atom is 0.293 e. The minimum atomic E-state index is -0.448. The number of carbonyl (C=O) groups is 2. The molecule has 0 spiro atoms. The van der Waals surface area contributed by atoms with Crippen LogP contribution in [0.3, 0.4) is 0 Å². The van der Waals surface area contributed by atoms with Gasteiger partial charge in [-0.3, -0.25) is 24.6 Å². The fourth-order valence-corrected chi connectivity index (χ4v) is 3.50. The molecular formula is C18H16N2O5S. The highest BCUT2D eigenvalue weighted by Gasteiger charge is 2.34. The molecule has 0 saturated carbocycles. The molecule has 0 N–H and O–H groups in total. The summed E-state index contributed by atoms with van der Waals surface area (Å²) in [5.41, 5.74) is 1.46. The van der Waals surface area contributed by atoms with E-state index in [0.29, 0.717) is 35.0 Å². The first-order chi connectivity index (χ1) is 12.4. The highest BCUT2D eigenvalue weighted by atomic mass is 32.2. The van der Waals surface area contributed by atoms with Gasteiger partial charge in [-0.15, -0.1) is 0 Å². The number of furan rings is 1. The monoisotopic (exact) mass is 372 g/mol. The molecule has 1 aliphatic heterocycles. The summed E-state index contributed by atoms with van der Waals surface area (Å²) in [6.45, 7) is 4.06. The molecule has 26 heavy (non-hydrogen) atoms. The van der Waals surface area contributed by atoms with Crippen molar-refractivity contribution in [3.63, 3.8) is 0 Å². The van der Waals surface area contributed by atoms with Gasteiger partial charge in [-0.05, 0) is 48.9 Å². The molecule has 0 aliphatic carbocycles. The second-order valence-electron chi connectivity index (χ2n) is 5.79. The molecule has 2 heterocycles. The summed E-state index contributed by atoms with van der Waals surface area (Å²) in [5, 5.41) is 10.6. The van der Waals surface area contributed by atoms with Gasteiger partial charge in [0.05, 0.1) is 9.83 Å². The lowest BCUT2D eigenvalue weighted by atomic mass is 10.1. The van der Waals surface area contributed by atoms with Crippen molar-refractivity contribution in [1.29, 1.82) is 0 Å². The number of amides is 2. The van der Waals surface area contributed by atoms with E-state index in [-0.39, 0.29) is 16.8 Å². The maximum atomic E-state index is 12.3. The molecule has 0 unspecified atom stereocenters. The van der Waals surface area contributed by atoms with Gasteiger partial charge in [-0.2, -0.15) is 0 Å². The Morgan fingerprint density at radius 2 is 2.04 bits per heavy atom. The van der Waals surface area contributed by atoms with Gasteiger partial charge in [0.1, 0.15) is 11.5 Å². The predicted octanol–water partition coefficient (Wildman–Crippen LogP) is 4.61. The average molecular weight is 372 g/mol. The SMILES string of the molecule is CCCN1C(=O)S/C(=C\c2ccc(-c3ccc([N+](=O)[O-])cc3C)o2)C1=O. The Balaban J connectivity index is 1.86. The summed E-state index contributed by atoms with van der Waals surface area (Å²) in [5.74, 6) is 0.669. The van der Waals surface area contributed by atoms with E-state index in [1.165, 1.54) is 17.0 Å². The van der Waals surface area contributed by atoms with Crippen LogP contribution < -0.4 is 0 Å². The van der Waals surface area contributed by atoms with Gasteiger partial charge in [0.25, 0.3) is 16.8 Å². The van der Waals surface area contributed by atoms with E-state index >= 15 is 0 Å². The third kappa shape index (κ3) is 3.41. The van der Waals surface area contributed by atoms with Crippen LogP contribution in [0.4, 0.5) is 10.5 Å². The van der Waals surface area contributed by atoms with Crippen molar-refractivity contribution in [1.82, 2.24) is 4.90 Å². The van der Waals surface area contributed by atoms with Gasteiger partial charge >= 0.3 is 0 Å². The van der Waals surface area contributed by atoms with E-state index < -0.39 is 4.92 Å². The molecular weight excluding hydrogens is 356 g/mol. The fourth-order valence-electron chi connectivity index (χ4n) is 2.66. The fraction of sp³-hybridized carbons (Fsp3) is 0.222. The minimum absolute atomic E-state index is 0.0163. The summed E-state index contributed by atoms with van der Waals surface area (Å²) >= 11 is 0.894. The number of hydrogen-bond donors (Lipinski definition) is 0. The Morgan fingerprint density at radius 1 is 1.27 bits per heavy atom. The first kappa shape index (κ1) is 17.9. The lowest BCUT2D eigenvalue weighted by Gasteiger charge is -2.09. The van der Waals surface area contributed by atoms with Crippen molar-refractivity contribution in [2.24, 2.45) is 0 Å². The number of carbonyl (C=O) groups excluding carboxylic acids is 2. The van der Waals surface area contributed by atoms with Crippen molar-refractivity contribution in [2.45, 2.75) is 20.3 Å². The Morgan fingerprint density at radius 3 is 2.69 bits per heavy atom. The number of hydrogen-bond acceptors (Lipinski definition) is 6. The summed E-state index contributed by atoms with van der Waals surface area (Å²) in [6, 6.07) is 7.96. The molecule has 1 aromatic carbocycles. The van der Waals surface area contributed by atoms with Crippen LogP contribution in [0.15, 0.2) is 39.7 Å². The quantitative estimate of drug-likeness (QED) is 0.432. The Hall–Kier alpha value is -2.87. The van der Waals surface area contributed by atoms with E-state index in [4.69, 9.17) is 4.42 Å². The number of non-ortho nitro benzene ring substituents is 1. The van der Waals surface area contributed by atoms with Crippen molar-refractivity contribution < 1.29 is 18.9 Å². The molecule has 2 aromatic rings. The molecule has 7 nitrogen and oxygen atoms in total. The summed E-state index contributed by atoms with van der Waals surface area (Å²) in [6.07, 6.45) is 2.25. The molecule has 0 atom stereocenters. The number of imide groups is 1. The zero-order valence-electron chi connectivity index (χ0n) is 14.2. The van der Waals surface area contributed by atoms with E-state index in [1.807, 2.05) is 6.92 Å². The Bertz CT molecular complexity index is 931.